The number of hydrogen-bond acceptors (Lipinski definition) is 4. The highest BCUT2D eigenvalue weighted by Gasteiger charge is 2.19. The van der Waals surface area contributed by atoms with Crippen molar-refractivity contribution in [3.63, 3.8) is 0 Å². The van der Waals surface area contributed by atoms with E-state index < -0.39 is 10.0 Å². The van der Waals surface area contributed by atoms with Crippen molar-refractivity contribution in [2.24, 2.45) is 5.92 Å². The minimum absolute atomic E-state index is 0.0636. The fraction of sp³-hybridized carbons (Fsp3) is 0.278. The molecular formula is C18H21ClN2O3S2. The Morgan fingerprint density at radius 2 is 1.81 bits per heavy atom. The van der Waals surface area contributed by atoms with E-state index in [1.807, 2.05) is 6.26 Å². The van der Waals surface area contributed by atoms with E-state index >= 15 is 0 Å². The minimum atomic E-state index is -3.83. The number of amides is 1. The number of anilines is 2. The molecule has 0 spiro atoms. The van der Waals surface area contributed by atoms with Crippen LogP contribution >= 0.6 is 23.4 Å². The second-order valence-electron chi connectivity index (χ2n) is 6.07. The molecule has 140 valence electrons. The average Bonchev–Trinajstić information content (AvgIpc) is 2.57. The molecular weight excluding hydrogens is 392 g/mol. The maximum atomic E-state index is 12.8. The first-order valence-corrected chi connectivity index (χ1v) is 11.0. The Morgan fingerprint density at radius 1 is 1.12 bits per heavy atom. The average molecular weight is 413 g/mol. The van der Waals surface area contributed by atoms with Crippen molar-refractivity contribution in [2.75, 3.05) is 16.3 Å². The Morgan fingerprint density at radius 3 is 2.42 bits per heavy atom. The summed E-state index contributed by atoms with van der Waals surface area (Å²) in [4.78, 5) is 12.9. The summed E-state index contributed by atoms with van der Waals surface area (Å²) in [5.41, 5.74) is 1.65. The summed E-state index contributed by atoms with van der Waals surface area (Å²) >= 11 is 7.39. The second-order valence-corrected chi connectivity index (χ2v) is 9.04. The van der Waals surface area contributed by atoms with E-state index in [2.05, 4.69) is 10.0 Å². The standard InChI is InChI=1S/C18H21ClN2O3S2/c1-11(2)18(22)20-16-10-14(7-8-17(16)25-4)26(23,24)21-15-9-13(19)6-5-12(15)3/h5-11,21H,1-4H3,(H,20,22). The molecule has 0 saturated carbocycles. The predicted octanol–water partition coefficient (Wildman–Crippen LogP) is 4.77. The smallest absolute Gasteiger partial charge is 0.261 e. The monoisotopic (exact) mass is 412 g/mol. The topological polar surface area (TPSA) is 75.3 Å². The van der Waals surface area contributed by atoms with E-state index in [-0.39, 0.29) is 16.7 Å². The lowest BCUT2D eigenvalue weighted by atomic mass is 10.2. The van der Waals surface area contributed by atoms with Crippen LogP contribution in [0.25, 0.3) is 0 Å². The van der Waals surface area contributed by atoms with Gasteiger partial charge in [-0.2, -0.15) is 0 Å². The van der Waals surface area contributed by atoms with Gasteiger partial charge in [0, 0.05) is 15.8 Å². The van der Waals surface area contributed by atoms with Crippen LogP contribution in [0.1, 0.15) is 19.4 Å². The van der Waals surface area contributed by atoms with Gasteiger partial charge in [-0.1, -0.05) is 31.5 Å². The first-order chi connectivity index (χ1) is 12.1. The molecule has 0 bridgehead atoms. The van der Waals surface area contributed by atoms with Crippen LogP contribution in [0.3, 0.4) is 0 Å². The van der Waals surface area contributed by atoms with Gasteiger partial charge in [-0.3, -0.25) is 9.52 Å². The third-order valence-electron chi connectivity index (χ3n) is 3.71. The van der Waals surface area contributed by atoms with Gasteiger partial charge in [-0.05, 0) is 49.1 Å². The van der Waals surface area contributed by atoms with Crippen molar-refractivity contribution in [3.05, 3.63) is 47.0 Å². The lowest BCUT2D eigenvalue weighted by molar-refractivity contribution is -0.118. The molecule has 26 heavy (non-hydrogen) atoms. The van der Waals surface area contributed by atoms with E-state index in [4.69, 9.17) is 11.6 Å². The number of halogens is 1. The van der Waals surface area contributed by atoms with Gasteiger partial charge >= 0.3 is 0 Å². The molecule has 2 rings (SSSR count). The molecule has 0 aromatic heterocycles. The van der Waals surface area contributed by atoms with Crippen molar-refractivity contribution in [1.29, 1.82) is 0 Å². The largest absolute Gasteiger partial charge is 0.325 e. The van der Waals surface area contributed by atoms with Crippen LogP contribution in [0, 0.1) is 12.8 Å². The number of aryl methyl sites for hydroxylation is 1. The highest BCUT2D eigenvalue weighted by molar-refractivity contribution is 7.98. The van der Waals surface area contributed by atoms with Gasteiger partial charge in [-0.25, -0.2) is 8.42 Å². The first kappa shape index (κ1) is 20.6. The van der Waals surface area contributed by atoms with Crippen molar-refractivity contribution in [3.8, 4) is 0 Å². The van der Waals surface area contributed by atoms with E-state index in [0.29, 0.717) is 16.4 Å². The summed E-state index contributed by atoms with van der Waals surface area (Å²) < 4.78 is 28.1. The van der Waals surface area contributed by atoms with Gasteiger partial charge in [0.05, 0.1) is 16.3 Å². The van der Waals surface area contributed by atoms with Crippen molar-refractivity contribution in [2.45, 2.75) is 30.6 Å². The summed E-state index contributed by atoms with van der Waals surface area (Å²) in [5.74, 6) is -0.384. The number of carbonyl (C=O) groups is 1. The van der Waals surface area contributed by atoms with Gasteiger partial charge in [0.25, 0.3) is 10.0 Å². The number of thioether (sulfide) groups is 1. The SMILES string of the molecule is CSc1ccc(S(=O)(=O)Nc2cc(Cl)ccc2C)cc1NC(=O)C(C)C. The molecule has 0 fully saturated rings. The Kier molecular flexibility index (Phi) is 6.60. The number of carbonyl (C=O) groups excluding carboxylic acids is 1. The fourth-order valence-electron chi connectivity index (χ4n) is 2.14. The quantitative estimate of drug-likeness (QED) is 0.670. The number of sulfonamides is 1. The van der Waals surface area contributed by atoms with E-state index in [0.717, 1.165) is 10.5 Å². The zero-order valence-corrected chi connectivity index (χ0v) is 17.3. The maximum absolute atomic E-state index is 12.8. The van der Waals surface area contributed by atoms with Crippen LogP contribution in [-0.2, 0) is 14.8 Å². The van der Waals surface area contributed by atoms with Gasteiger partial charge in [0.1, 0.15) is 0 Å². The third kappa shape index (κ3) is 4.93. The van der Waals surface area contributed by atoms with Crippen LogP contribution in [0.15, 0.2) is 46.2 Å². The van der Waals surface area contributed by atoms with Crippen LogP contribution in [0.5, 0.6) is 0 Å². The summed E-state index contributed by atoms with van der Waals surface area (Å²) in [6.07, 6.45) is 1.86. The molecule has 0 atom stereocenters. The molecule has 0 radical (unpaired) electrons. The molecule has 0 aliphatic carbocycles. The normalized spacial score (nSPS) is 11.5. The first-order valence-electron chi connectivity index (χ1n) is 7.92. The number of hydrogen-bond donors (Lipinski definition) is 2. The molecule has 2 aromatic carbocycles. The lowest BCUT2D eigenvalue weighted by Gasteiger charge is -2.15. The summed E-state index contributed by atoms with van der Waals surface area (Å²) in [6.45, 7) is 5.34. The molecule has 0 heterocycles. The van der Waals surface area contributed by atoms with E-state index in [9.17, 15) is 13.2 Å². The molecule has 0 saturated heterocycles. The predicted molar refractivity (Wildman–Crippen MR) is 109 cm³/mol. The fourth-order valence-corrected chi connectivity index (χ4v) is 3.99. The maximum Gasteiger partial charge on any atom is 0.261 e. The zero-order chi connectivity index (χ0) is 19.5. The number of rotatable bonds is 6. The van der Waals surface area contributed by atoms with Crippen molar-refractivity contribution < 1.29 is 13.2 Å². The van der Waals surface area contributed by atoms with Crippen LogP contribution in [-0.4, -0.2) is 20.6 Å². The Bertz CT molecular complexity index is 928. The van der Waals surface area contributed by atoms with Crippen molar-refractivity contribution in [1.82, 2.24) is 0 Å². The molecule has 2 N–H and O–H groups in total. The highest BCUT2D eigenvalue weighted by Crippen LogP contribution is 2.30. The Balaban J connectivity index is 2.40. The van der Waals surface area contributed by atoms with Gasteiger partial charge in [0.2, 0.25) is 5.91 Å². The summed E-state index contributed by atoms with van der Waals surface area (Å²) in [5, 5.41) is 3.23. The zero-order valence-electron chi connectivity index (χ0n) is 15.0. The minimum Gasteiger partial charge on any atom is -0.325 e. The van der Waals surface area contributed by atoms with E-state index in [1.54, 1.807) is 45.0 Å². The van der Waals surface area contributed by atoms with Gasteiger partial charge < -0.3 is 5.32 Å². The second kappa shape index (κ2) is 8.33. The summed E-state index contributed by atoms with van der Waals surface area (Å²) in [7, 11) is -3.83. The Hall–Kier alpha value is -1.70. The molecule has 0 unspecified atom stereocenters. The van der Waals surface area contributed by atoms with Crippen molar-refractivity contribution >= 4 is 50.7 Å². The third-order valence-corrected chi connectivity index (χ3v) is 6.10. The summed E-state index contributed by atoms with van der Waals surface area (Å²) in [6, 6.07) is 9.66. The van der Waals surface area contributed by atoms with Gasteiger partial charge in [0.15, 0.2) is 0 Å². The lowest BCUT2D eigenvalue weighted by Crippen LogP contribution is -2.19. The number of benzene rings is 2. The Labute approximate surface area is 163 Å². The van der Waals surface area contributed by atoms with Crippen LogP contribution in [0.4, 0.5) is 11.4 Å². The molecule has 5 nitrogen and oxygen atoms in total. The highest BCUT2D eigenvalue weighted by atomic mass is 35.5. The van der Waals surface area contributed by atoms with Crippen LogP contribution < -0.4 is 10.0 Å². The molecule has 2 aromatic rings. The molecule has 1 amide bonds. The van der Waals surface area contributed by atoms with E-state index in [1.165, 1.54) is 23.9 Å². The molecule has 8 heteroatoms. The number of nitrogens with one attached hydrogen (secondary N) is 2. The molecule has 0 aliphatic heterocycles. The van der Waals surface area contributed by atoms with Gasteiger partial charge in [-0.15, -0.1) is 11.8 Å². The molecule has 0 aliphatic rings. The van der Waals surface area contributed by atoms with Crippen LogP contribution in [0.2, 0.25) is 5.02 Å².